The van der Waals surface area contributed by atoms with Crippen LogP contribution in [0.3, 0.4) is 0 Å². The molecule has 0 radical (unpaired) electrons. The molecule has 0 spiro atoms. The van der Waals surface area contributed by atoms with Crippen molar-refractivity contribution >= 4 is 46.7 Å². The molecule has 0 aliphatic carbocycles. The van der Waals surface area contributed by atoms with Crippen LogP contribution >= 0.6 is 11.6 Å². The summed E-state index contributed by atoms with van der Waals surface area (Å²) in [5.74, 6) is -2.16. The van der Waals surface area contributed by atoms with Gasteiger partial charge in [0.15, 0.2) is 11.8 Å². The molecule has 46 heavy (non-hydrogen) atoms. The van der Waals surface area contributed by atoms with Gasteiger partial charge >= 0.3 is 5.97 Å². The smallest absolute Gasteiger partial charge is 0.304 e. The topological polar surface area (TPSA) is 128 Å². The number of aliphatic hydroxyl groups is 2. The monoisotopic (exact) mass is 645 g/mol. The lowest BCUT2D eigenvalue weighted by Crippen LogP contribution is -2.54. The Morgan fingerprint density at radius 2 is 1.83 bits per heavy atom. The highest BCUT2D eigenvalue weighted by Crippen LogP contribution is 2.47. The van der Waals surface area contributed by atoms with Crippen molar-refractivity contribution < 1.29 is 34.1 Å². The molecule has 11 heteroatoms. The number of ether oxygens (including phenoxy) is 1. The molecule has 0 saturated carbocycles. The third-order valence-corrected chi connectivity index (χ3v) is 8.52. The van der Waals surface area contributed by atoms with Crippen LogP contribution in [0.15, 0.2) is 84.9 Å². The number of esters is 1. The van der Waals surface area contributed by atoms with E-state index >= 15 is 0 Å². The average Bonchev–Trinajstić information content (AvgIpc) is 3.22. The molecule has 0 bridgehead atoms. The zero-order valence-corrected chi connectivity index (χ0v) is 26.4. The standard InChI is InChI=1S/C35H36ClN3O7/c1-23(8-6-13-31(42)37(16-17-40)21-25-9-4-3-5-10-25)35(45)29-19-27(36)14-15-30(29)38(34(35)44)22-26-11-7-12-28(18-26)39-32(43)20-33(39)46-24(2)41/h3-12,14-15,18-19,23,33,40,45H,13,16-17,20-22H2,1-2H3/b8-6+/t23-,33?,35+/m0/s1. The minimum absolute atomic E-state index is 0.0178. The summed E-state index contributed by atoms with van der Waals surface area (Å²) in [5, 5.41) is 21.9. The Labute approximate surface area is 272 Å². The molecule has 240 valence electrons. The highest BCUT2D eigenvalue weighted by molar-refractivity contribution is 6.31. The summed E-state index contributed by atoms with van der Waals surface area (Å²) in [4.78, 5) is 55.3. The molecule has 3 amide bonds. The molecule has 2 N–H and O–H groups in total. The van der Waals surface area contributed by atoms with E-state index in [1.54, 1.807) is 66.4 Å². The lowest BCUT2D eigenvalue weighted by Gasteiger charge is -2.39. The quantitative estimate of drug-likeness (QED) is 0.171. The van der Waals surface area contributed by atoms with Crippen LogP contribution < -0.4 is 9.80 Å². The Morgan fingerprint density at radius 3 is 2.52 bits per heavy atom. The van der Waals surface area contributed by atoms with Gasteiger partial charge in [-0.2, -0.15) is 0 Å². The van der Waals surface area contributed by atoms with Crippen molar-refractivity contribution in [3.8, 4) is 0 Å². The second-order valence-corrected chi connectivity index (χ2v) is 11.9. The van der Waals surface area contributed by atoms with Gasteiger partial charge in [0, 0.05) is 48.6 Å². The summed E-state index contributed by atoms with van der Waals surface area (Å²) in [6.45, 7) is 3.43. The van der Waals surface area contributed by atoms with Gasteiger partial charge in [0.2, 0.25) is 11.8 Å². The predicted molar refractivity (Wildman–Crippen MR) is 173 cm³/mol. The van der Waals surface area contributed by atoms with E-state index in [-0.39, 0.29) is 44.4 Å². The number of hydrogen-bond donors (Lipinski definition) is 2. The van der Waals surface area contributed by atoms with Crippen LogP contribution in [-0.4, -0.2) is 58.2 Å². The van der Waals surface area contributed by atoms with Gasteiger partial charge in [-0.25, -0.2) is 0 Å². The Bertz CT molecular complexity index is 1660. The number of β-lactam (4-membered cyclic amide) rings is 1. The summed E-state index contributed by atoms with van der Waals surface area (Å²) in [5.41, 5.74) is 1.04. The molecule has 1 saturated heterocycles. The highest BCUT2D eigenvalue weighted by Gasteiger charge is 2.52. The molecule has 1 fully saturated rings. The lowest BCUT2D eigenvalue weighted by molar-refractivity contribution is -0.154. The van der Waals surface area contributed by atoms with Crippen molar-refractivity contribution in [1.82, 2.24) is 4.90 Å². The molecular formula is C35H36ClN3O7. The molecular weight excluding hydrogens is 610 g/mol. The first-order valence-corrected chi connectivity index (χ1v) is 15.4. The second-order valence-electron chi connectivity index (χ2n) is 11.5. The van der Waals surface area contributed by atoms with E-state index in [1.807, 2.05) is 30.3 Å². The molecule has 2 aliphatic rings. The van der Waals surface area contributed by atoms with Crippen LogP contribution in [0.1, 0.15) is 43.4 Å². The van der Waals surface area contributed by atoms with E-state index in [1.165, 1.54) is 16.7 Å². The fourth-order valence-corrected chi connectivity index (χ4v) is 6.08. The summed E-state index contributed by atoms with van der Waals surface area (Å²) in [7, 11) is 0. The zero-order valence-electron chi connectivity index (χ0n) is 25.6. The van der Waals surface area contributed by atoms with Crippen LogP contribution in [0.25, 0.3) is 0 Å². The summed E-state index contributed by atoms with van der Waals surface area (Å²) < 4.78 is 5.24. The Hall–Kier alpha value is -4.51. The van der Waals surface area contributed by atoms with Crippen molar-refractivity contribution in [3.05, 3.63) is 107 Å². The number of anilines is 2. The van der Waals surface area contributed by atoms with Crippen molar-refractivity contribution in [2.75, 3.05) is 23.0 Å². The number of carbonyl (C=O) groups is 4. The van der Waals surface area contributed by atoms with E-state index in [9.17, 15) is 29.4 Å². The van der Waals surface area contributed by atoms with Gasteiger partial charge in [-0.15, -0.1) is 0 Å². The van der Waals surface area contributed by atoms with Gasteiger partial charge in [-0.05, 0) is 41.5 Å². The maximum Gasteiger partial charge on any atom is 0.304 e. The summed E-state index contributed by atoms with van der Waals surface area (Å²) in [6, 6.07) is 21.4. The Kier molecular flexibility index (Phi) is 9.91. The van der Waals surface area contributed by atoms with E-state index in [4.69, 9.17) is 16.3 Å². The van der Waals surface area contributed by atoms with Crippen molar-refractivity contribution in [1.29, 1.82) is 0 Å². The van der Waals surface area contributed by atoms with Crippen molar-refractivity contribution in [2.45, 2.75) is 51.6 Å². The number of nitrogens with zero attached hydrogens (tertiary/aromatic N) is 3. The first-order chi connectivity index (χ1) is 22.0. The molecule has 10 nitrogen and oxygen atoms in total. The Morgan fingerprint density at radius 1 is 1.09 bits per heavy atom. The third kappa shape index (κ3) is 6.69. The zero-order chi connectivity index (χ0) is 33.0. The van der Waals surface area contributed by atoms with Gasteiger partial charge in [0.05, 0.1) is 25.3 Å². The lowest BCUT2D eigenvalue weighted by atomic mass is 9.83. The van der Waals surface area contributed by atoms with Gasteiger partial charge in [-0.1, -0.05) is 73.1 Å². The number of fused-ring (bicyclic) bond motifs is 1. The van der Waals surface area contributed by atoms with Crippen LogP contribution in [0.4, 0.5) is 11.4 Å². The molecule has 5 rings (SSSR count). The van der Waals surface area contributed by atoms with E-state index in [0.29, 0.717) is 34.1 Å². The van der Waals surface area contributed by atoms with E-state index in [2.05, 4.69) is 0 Å². The molecule has 2 aliphatic heterocycles. The van der Waals surface area contributed by atoms with Gasteiger partial charge in [0.25, 0.3) is 5.91 Å². The fraction of sp³-hybridized carbons (Fsp3) is 0.314. The van der Waals surface area contributed by atoms with E-state index < -0.39 is 29.6 Å². The normalized spacial score (nSPS) is 19.6. The van der Waals surface area contributed by atoms with Crippen LogP contribution in [0.2, 0.25) is 5.02 Å². The first kappa shape index (κ1) is 32.9. The summed E-state index contributed by atoms with van der Waals surface area (Å²) in [6.07, 6.45) is 2.71. The SMILES string of the molecule is CC(=O)OC1CC(=O)N1c1cccc(CN2C(=O)[C@@](O)([C@@H](C)/C=C/CC(=O)N(CCO)Cc3ccccc3)c3cc(Cl)ccc32)c1. The highest BCUT2D eigenvalue weighted by atomic mass is 35.5. The van der Waals surface area contributed by atoms with Gasteiger partial charge in [0.1, 0.15) is 0 Å². The van der Waals surface area contributed by atoms with Crippen LogP contribution in [-0.2, 0) is 42.6 Å². The Balaban J connectivity index is 1.34. The number of hydrogen-bond acceptors (Lipinski definition) is 7. The number of benzene rings is 3. The number of rotatable bonds is 12. The average molecular weight is 646 g/mol. The number of aliphatic hydroxyl groups excluding tert-OH is 1. The fourth-order valence-electron chi connectivity index (χ4n) is 5.90. The minimum atomic E-state index is -1.96. The minimum Gasteiger partial charge on any atom is -0.441 e. The van der Waals surface area contributed by atoms with Gasteiger partial charge < -0.3 is 24.7 Å². The summed E-state index contributed by atoms with van der Waals surface area (Å²) >= 11 is 6.33. The van der Waals surface area contributed by atoms with Crippen molar-refractivity contribution in [2.24, 2.45) is 5.92 Å². The third-order valence-electron chi connectivity index (χ3n) is 8.28. The van der Waals surface area contributed by atoms with Gasteiger partial charge in [-0.3, -0.25) is 24.1 Å². The first-order valence-electron chi connectivity index (χ1n) is 15.0. The second kappa shape index (κ2) is 13.9. The van der Waals surface area contributed by atoms with Crippen LogP contribution in [0.5, 0.6) is 0 Å². The maximum absolute atomic E-state index is 14.0. The molecule has 3 aromatic carbocycles. The number of carbonyl (C=O) groups excluding carboxylic acids is 4. The van der Waals surface area contributed by atoms with Crippen LogP contribution in [0, 0.1) is 5.92 Å². The molecule has 3 aromatic rings. The maximum atomic E-state index is 14.0. The van der Waals surface area contributed by atoms with E-state index in [0.717, 1.165) is 5.56 Å². The largest absolute Gasteiger partial charge is 0.441 e. The molecule has 2 heterocycles. The predicted octanol–water partition coefficient (Wildman–Crippen LogP) is 4.30. The van der Waals surface area contributed by atoms with Crippen molar-refractivity contribution in [3.63, 3.8) is 0 Å². The molecule has 3 atom stereocenters. The molecule has 0 aromatic heterocycles. The molecule has 1 unspecified atom stereocenters. The number of halogens is 1. The number of amides is 3.